The van der Waals surface area contributed by atoms with Crippen LogP contribution in [0.5, 0.6) is 0 Å². The van der Waals surface area contributed by atoms with E-state index in [1.54, 1.807) is 0 Å². The van der Waals surface area contributed by atoms with Gasteiger partial charge in [-0.3, -0.25) is 0 Å². The predicted octanol–water partition coefficient (Wildman–Crippen LogP) is 4.59. The van der Waals surface area contributed by atoms with Crippen molar-refractivity contribution in [3.63, 3.8) is 0 Å². The average molecular weight is 284 g/mol. The molecular formula is C15H26ClN3. The topological polar surface area (TPSA) is 37.8 Å². The summed E-state index contributed by atoms with van der Waals surface area (Å²) < 4.78 is 0. The third kappa shape index (κ3) is 4.34. The number of aromatic nitrogens is 2. The standard InChI is InChI=1S/C15H26ClN3/c1-9(2)12(10(3)4)7-17-15-13(11(5)6)14(16)18-8-19-15/h8-12H,7H2,1-6H3,(H,17,18,19). The highest BCUT2D eigenvalue weighted by molar-refractivity contribution is 6.30. The van der Waals surface area contributed by atoms with Gasteiger partial charge in [-0.2, -0.15) is 0 Å². The lowest BCUT2D eigenvalue weighted by atomic mass is 9.85. The van der Waals surface area contributed by atoms with Gasteiger partial charge in [-0.1, -0.05) is 53.1 Å². The van der Waals surface area contributed by atoms with Crippen molar-refractivity contribution in [3.8, 4) is 0 Å². The largest absolute Gasteiger partial charge is 0.369 e. The van der Waals surface area contributed by atoms with E-state index in [9.17, 15) is 0 Å². The van der Waals surface area contributed by atoms with Crippen LogP contribution in [0.1, 0.15) is 53.0 Å². The van der Waals surface area contributed by atoms with Gasteiger partial charge in [0, 0.05) is 12.1 Å². The minimum absolute atomic E-state index is 0.313. The van der Waals surface area contributed by atoms with Gasteiger partial charge in [-0.25, -0.2) is 9.97 Å². The first-order valence-electron chi connectivity index (χ1n) is 7.08. The van der Waals surface area contributed by atoms with Crippen molar-refractivity contribution in [2.45, 2.75) is 47.5 Å². The summed E-state index contributed by atoms with van der Waals surface area (Å²) >= 11 is 6.17. The molecule has 108 valence electrons. The van der Waals surface area contributed by atoms with Gasteiger partial charge in [0.15, 0.2) is 0 Å². The third-order valence-corrected chi connectivity index (χ3v) is 3.93. The summed E-state index contributed by atoms with van der Waals surface area (Å²) in [5.41, 5.74) is 1.01. The smallest absolute Gasteiger partial charge is 0.138 e. The Morgan fingerprint density at radius 1 is 1.05 bits per heavy atom. The number of hydrogen-bond acceptors (Lipinski definition) is 3. The van der Waals surface area contributed by atoms with E-state index in [0.29, 0.717) is 28.8 Å². The number of nitrogens with one attached hydrogen (secondary N) is 1. The summed E-state index contributed by atoms with van der Waals surface area (Å²) in [4.78, 5) is 8.42. The third-order valence-electron chi connectivity index (χ3n) is 3.63. The van der Waals surface area contributed by atoms with Gasteiger partial charge in [0.1, 0.15) is 17.3 Å². The number of nitrogens with zero attached hydrogens (tertiary/aromatic N) is 2. The van der Waals surface area contributed by atoms with E-state index in [-0.39, 0.29) is 0 Å². The molecule has 0 atom stereocenters. The van der Waals surface area contributed by atoms with Crippen LogP contribution < -0.4 is 5.32 Å². The van der Waals surface area contributed by atoms with Gasteiger partial charge in [0.05, 0.1) is 0 Å². The zero-order valence-corrected chi connectivity index (χ0v) is 13.6. The van der Waals surface area contributed by atoms with Crippen molar-refractivity contribution >= 4 is 17.4 Å². The van der Waals surface area contributed by atoms with Crippen LogP contribution in [0, 0.1) is 17.8 Å². The first-order chi connectivity index (χ1) is 8.84. The molecule has 0 unspecified atom stereocenters. The maximum atomic E-state index is 6.17. The Balaban J connectivity index is 2.85. The Labute approximate surface area is 122 Å². The van der Waals surface area contributed by atoms with Crippen molar-refractivity contribution in [2.24, 2.45) is 17.8 Å². The molecule has 19 heavy (non-hydrogen) atoms. The molecule has 0 aliphatic heterocycles. The van der Waals surface area contributed by atoms with Gasteiger partial charge in [0.25, 0.3) is 0 Å². The van der Waals surface area contributed by atoms with E-state index < -0.39 is 0 Å². The van der Waals surface area contributed by atoms with E-state index in [0.717, 1.165) is 17.9 Å². The maximum absolute atomic E-state index is 6.17. The molecule has 0 aliphatic carbocycles. The van der Waals surface area contributed by atoms with Crippen molar-refractivity contribution in [2.75, 3.05) is 11.9 Å². The Morgan fingerprint density at radius 3 is 2.11 bits per heavy atom. The molecule has 1 heterocycles. The Kier molecular flexibility index (Phi) is 6.05. The van der Waals surface area contributed by atoms with Crippen LogP contribution >= 0.6 is 11.6 Å². The lowest BCUT2D eigenvalue weighted by molar-refractivity contribution is 0.304. The van der Waals surface area contributed by atoms with Gasteiger partial charge >= 0.3 is 0 Å². The van der Waals surface area contributed by atoms with Crippen molar-refractivity contribution in [1.29, 1.82) is 0 Å². The molecule has 4 heteroatoms. The zero-order valence-electron chi connectivity index (χ0n) is 12.9. The molecule has 1 rings (SSSR count). The van der Waals surface area contributed by atoms with Gasteiger partial charge in [-0.05, 0) is 23.7 Å². The molecule has 0 fully saturated rings. The Morgan fingerprint density at radius 2 is 1.63 bits per heavy atom. The average Bonchev–Trinajstić information content (AvgIpc) is 2.27. The van der Waals surface area contributed by atoms with Crippen LogP contribution in [0.3, 0.4) is 0 Å². The number of rotatable bonds is 6. The van der Waals surface area contributed by atoms with Crippen LogP contribution in [0.15, 0.2) is 6.33 Å². The molecule has 0 aromatic carbocycles. The van der Waals surface area contributed by atoms with Crippen LogP contribution in [-0.4, -0.2) is 16.5 Å². The molecule has 0 saturated carbocycles. The lowest BCUT2D eigenvalue weighted by Crippen LogP contribution is -2.25. The summed E-state index contributed by atoms with van der Waals surface area (Å²) in [7, 11) is 0. The summed E-state index contributed by atoms with van der Waals surface area (Å²) in [5, 5.41) is 4.02. The summed E-state index contributed by atoms with van der Waals surface area (Å²) in [6.07, 6.45) is 1.52. The van der Waals surface area contributed by atoms with E-state index >= 15 is 0 Å². The van der Waals surface area contributed by atoms with Crippen molar-refractivity contribution < 1.29 is 0 Å². The Hall–Kier alpha value is -0.830. The second kappa shape index (κ2) is 7.09. The van der Waals surface area contributed by atoms with Gasteiger partial charge in [-0.15, -0.1) is 0 Å². The quantitative estimate of drug-likeness (QED) is 0.776. The number of hydrogen-bond donors (Lipinski definition) is 1. The van der Waals surface area contributed by atoms with E-state index in [1.165, 1.54) is 6.33 Å². The fourth-order valence-corrected chi connectivity index (χ4v) is 2.83. The second-order valence-corrected chi connectivity index (χ2v) is 6.47. The molecule has 0 saturated heterocycles. The van der Waals surface area contributed by atoms with Crippen molar-refractivity contribution in [1.82, 2.24) is 9.97 Å². The zero-order chi connectivity index (χ0) is 14.6. The molecule has 0 aliphatic rings. The van der Waals surface area contributed by atoms with Crippen LogP contribution in [0.2, 0.25) is 5.15 Å². The lowest BCUT2D eigenvalue weighted by Gasteiger charge is -2.26. The van der Waals surface area contributed by atoms with Gasteiger partial charge < -0.3 is 5.32 Å². The molecule has 0 radical (unpaired) electrons. The number of anilines is 1. The summed E-state index contributed by atoms with van der Waals surface area (Å²) in [6, 6.07) is 0. The first-order valence-corrected chi connectivity index (χ1v) is 7.46. The number of halogens is 1. The molecule has 3 nitrogen and oxygen atoms in total. The normalized spacial score (nSPS) is 11.9. The van der Waals surface area contributed by atoms with Crippen LogP contribution in [0.25, 0.3) is 0 Å². The van der Waals surface area contributed by atoms with E-state index in [2.05, 4.69) is 56.8 Å². The first kappa shape index (κ1) is 16.2. The molecule has 1 aromatic rings. The fraction of sp³-hybridized carbons (Fsp3) is 0.733. The highest BCUT2D eigenvalue weighted by Crippen LogP contribution is 2.29. The molecule has 0 amide bonds. The Bertz CT molecular complexity index is 394. The van der Waals surface area contributed by atoms with Crippen molar-refractivity contribution in [3.05, 3.63) is 17.0 Å². The predicted molar refractivity (Wildman–Crippen MR) is 82.8 cm³/mol. The fourth-order valence-electron chi connectivity index (χ4n) is 2.48. The molecule has 0 bridgehead atoms. The maximum Gasteiger partial charge on any atom is 0.138 e. The minimum atomic E-state index is 0.313. The molecule has 1 aromatic heterocycles. The highest BCUT2D eigenvalue weighted by atomic mass is 35.5. The SMILES string of the molecule is CC(C)c1c(Cl)ncnc1NCC(C(C)C)C(C)C. The summed E-state index contributed by atoms with van der Waals surface area (Å²) in [6.45, 7) is 14.2. The molecular weight excluding hydrogens is 258 g/mol. The summed E-state index contributed by atoms with van der Waals surface area (Å²) in [5.74, 6) is 3.10. The second-order valence-electron chi connectivity index (χ2n) is 6.11. The highest BCUT2D eigenvalue weighted by Gasteiger charge is 2.19. The minimum Gasteiger partial charge on any atom is -0.369 e. The van der Waals surface area contributed by atoms with Crippen LogP contribution in [0.4, 0.5) is 5.82 Å². The van der Waals surface area contributed by atoms with Gasteiger partial charge in [0.2, 0.25) is 0 Å². The molecule has 0 spiro atoms. The molecule has 1 N–H and O–H groups in total. The van der Waals surface area contributed by atoms with Crippen LogP contribution in [-0.2, 0) is 0 Å². The van der Waals surface area contributed by atoms with E-state index in [1.807, 2.05) is 0 Å². The van der Waals surface area contributed by atoms with E-state index in [4.69, 9.17) is 11.6 Å². The monoisotopic (exact) mass is 283 g/mol.